The van der Waals surface area contributed by atoms with Crippen LogP contribution < -0.4 is 3.32 Å². The molecule has 0 fully saturated rings. The summed E-state index contributed by atoms with van der Waals surface area (Å²) in [6.45, 7) is 8.86. The van der Waals surface area contributed by atoms with Crippen LogP contribution in [0.4, 0.5) is 0 Å². The second-order valence-electron chi connectivity index (χ2n) is 4.94. The van der Waals surface area contributed by atoms with Crippen molar-refractivity contribution in [2.45, 2.75) is 34.1 Å². The summed E-state index contributed by atoms with van der Waals surface area (Å²) in [5.74, 6) is 1.01. The van der Waals surface area contributed by atoms with Crippen LogP contribution in [0.15, 0.2) is 51.4 Å². The molecule has 0 amide bonds. The van der Waals surface area contributed by atoms with Crippen LogP contribution >= 0.6 is 24.8 Å². The van der Waals surface area contributed by atoms with Gasteiger partial charge in [0.15, 0.2) is 0 Å². The maximum absolute atomic E-state index is 6.32. The van der Waals surface area contributed by atoms with Gasteiger partial charge in [0, 0.05) is 0 Å². The minimum absolute atomic E-state index is 0. The van der Waals surface area contributed by atoms with Gasteiger partial charge in [-0.15, -0.1) is 24.8 Å². The summed E-state index contributed by atoms with van der Waals surface area (Å²) in [4.78, 5) is 0. The van der Waals surface area contributed by atoms with Crippen LogP contribution in [0.1, 0.15) is 34.1 Å². The molecule has 1 aliphatic rings. The molecule has 1 nitrogen and oxygen atoms in total. The molecule has 110 valence electrons. The van der Waals surface area contributed by atoms with Crippen molar-refractivity contribution < 1.29 is 21.1 Å². The van der Waals surface area contributed by atoms with Crippen molar-refractivity contribution in [3.63, 3.8) is 0 Å². The van der Waals surface area contributed by atoms with E-state index < -0.39 is 17.8 Å². The standard InChI is InChI=1S/C7H9.C6H6O.C3H6.2ClH.Ti/c1-6-4-3-5-7(6)2;7-6-4-2-1-3-5-6;1-3-2;;;/h4H,3H2,1-2H3;1-5,7H;1-2H3;2*1H;/q;;;;;+1/p-1. The molecule has 1 aromatic rings. The topological polar surface area (TPSA) is 9.23 Å². The average Bonchev–Trinajstić information content (AvgIpc) is 2.68. The largest absolute Gasteiger partial charge is 0.147 e. The van der Waals surface area contributed by atoms with E-state index in [0.717, 1.165) is 12.2 Å². The van der Waals surface area contributed by atoms with Crippen molar-refractivity contribution >= 4 is 28.6 Å². The molecule has 0 saturated carbocycles. The average molecular weight is 349 g/mol. The molecule has 1 aliphatic carbocycles. The molecule has 4 heteroatoms. The van der Waals surface area contributed by atoms with Gasteiger partial charge in [-0.05, 0) is 0 Å². The van der Waals surface area contributed by atoms with Crippen molar-refractivity contribution in [3.05, 3.63) is 51.4 Å². The summed E-state index contributed by atoms with van der Waals surface area (Å²) in [5, 5.41) is 0. The number of benzene rings is 1. The molecule has 0 unspecified atom stereocenters. The zero-order chi connectivity index (χ0) is 13.1. The van der Waals surface area contributed by atoms with E-state index in [2.05, 4.69) is 45.9 Å². The Kier molecular flexibility index (Phi) is 8.69. The number of rotatable bonds is 3. The molecular weight excluding hydrogens is 327 g/mol. The van der Waals surface area contributed by atoms with Gasteiger partial charge in [0.2, 0.25) is 0 Å². The molecule has 0 spiro atoms. The van der Waals surface area contributed by atoms with E-state index in [9.17, 15) is 0 Å². The second kappa shape index (κ2) is 8.84. The molecule has 0 heterocycles. The van der Waals surface area contributed by atoms with E-state index in [0.29, 0.717) is 0 Å². The summed E-state index contributed by atoms with van der Waals surface area (Å²) < 4.78 is 9.35. The Hall–Kier alpha value is -0.336. The number of allylic oxidation sites excluding steroid dienone is 4. The monoisotopic (exact) mass is 348 g/mol. The first-order valence-electron chi connectivity index (χ1n) is 6.37. The van der Waals surface area contributed by atoms with Gasteiger partial charge in [0.05, 0.1) is 0 Å². The van der Waals surface area contributed by atoms with Crippen molar-refractivity contribution in [2.75, 3.05) is 0 Å². The Labute approximate surface area is 140 Å². The van der Waals surface area contributed by atoms with Gasteiger partial charge in [0.25, 0.3) is 0 Å². The summed E-state index contributed by atoms with van der Waals surface area (Å²) in [7, 11) is 0. The Morgan fingerprint density at radius 3 is 2.10 bits per heavy atom. The molecular formula is C16H22Cl2OTi. The third-order valence-corrected chi connectivity index (χ3v) is 7.21. The van der Waals surface area contributed by atoms with Crippen molar-refractivity contribution in [1.82, 2.24) is 0 Å². The molecule has 0 radical (unpaired) electrons. The second-order valence-corrected chi connectivity index (χ2v) is 8.79. The van der Waals surface area contributed by atoms with Crippen molar-refractivity contribution in [2.24, 2.45) is 0 Å². The number of halogens is 2. The molecule has 0 aromatic heterocycles. The van der Waals surface area contributed by atoms with Crippen LogP contribution in [0.2, 0.25) is 0 Å². The van der Waals surface area contributed by atoms with Crippen molar-refractivity contribution in [1.29, 1.82) is 0 Å². The molecule has 0 N–H and O–H groups in total. The maximum Gasteiger partial charge on any atom is -0.147 e. The first-order valence-corrected chi connectivity index (χ1v) is 8.57. The fourth-order valence-electron chi connectivity index (χ4n) is 2.13. The summed E-state index contributed by atoms with van der Waals surface area (Å²) >= 11 is -1.75. The fourth-order valence-corrected chi connectivity index (χ4v) is 5.46. The Bertz CT molecular complexity index is 541. The smallest absolute Gasteiger partial charge is 0.147 e. The molecule has 0 bridgehead atoms. The van der Waals surface area contributed by atoms with E-state index in [1.54, 1.807) is 3.88 Å². The minimum atomic E-state index is -1.75. The number of hydrogen-bond donors (Lipinski definition) is 0. The van der Waals surface area contributed by atoms with Gasteiger partial charge in [-0.2, -0.15) is 0 Å². The molecule has 2 rings (SSSR count). The molecule has 0 saturated heterocycles. The third-order valence-electron chi connectivity index (χ3n) is 3.35. The number of para-hydroxylation sites is 1. The van der Waals surface area contributed by atoms with Crippen LogP contribution in [0.3, 0.4) is 0 Å². The van der Waals surface area contributed by atoms with Gasteiger partial charge in [-0.1, -0.05) is 0 Å². The van der Waals surface area contributed by atoms with Gasteiger partial charge >= 0.3 is 116 Å². The molecule has 0 atom stereocenters. The van der Waals surface area contributed by atoms with Gasteiger partial charge < -0.3 is 0 Å². The van der Waals surface area contributed by atoms with Crippen LogP contribution in [0.5, 0.6) is 5.75 Å². The van der Waals surface area contributed by atoms with Gasteiger partial charge in [-0.25, -0.2) is 0 Å². The van der Waals surface area contributed by atoms with Crippen LogP contribution in [0, 0.1) is 0 Å². The van der Waals surface area contributed by atoms with Crippen LogP contribution in [-0.2, 0) is 17.8 Å². The van der Waals surface area contributed by atoms with Gasteiger partial charge in [0.1, 0.15) is 0 Å². The zero-order valence-electron chi connectivity index (χ0n) is 12.4. The van der Waals surface area contributed by atoms with E-state index in [1.165, 1.54) is 15.0 Å². The first kappa shape index (κ1) is 19.7. The molecule has 0 aliphatic heterocycles. The van der Waals surface area contributed by atoms with E-state index >= 15 is 0 Å². The Morgan fingerprint density at radius 1 is 1.05 bits per heavy atom. The van der Waals surface area contributed by atoms with E-state index in [1.807, 2.05) is 18.2 Å². The Balaban J connectivity index is 0.00000180. The molecule has 1 aromatic carbocycles. The van der Waals surface area contributed by atoms with Crippen molar-refractivity contribution in [3.8, 4) is 5.75 Å². The number of hydrogen-bond acceptors (Lipinski definition) is 1. The minimum Gasteiger partial charge on any atom is -0.147 e. The Morgan fingerprint density at radius 2 is 1.65 bits per heavy atom. The van der Waals surface area contributed by atoms with Crippen LogP contribution in [0.25, 0.3) is 0 Å². The third kappa shape index (κ3) is 4.60. The zero-order valence-corrected chi connectivity index (χ0v) is 15.6. The van der Waals surface area contributed by atoms with Gasteiger partial charge in [-0.3, -0.25) is 0 Å². The predicted molar refractivity (Wildman–Crippen MR) is 89.0 cm³/mol. The van der Waals surface area contributed by atoms with Crippen LogP contribution in [-0.4, -0.2) is 3.81 Å². The molecule has 20 heavy (non-hydrogen) atoms. The SMILES string of the molecule is CC1=CC[C]([Ti]([O]c2ccccc2)=[C](C)C)=C1C.Cl.Cl. The summed E-state index contributed by atoms with van der Waals surface area (Å²) in [6, 6.07) is 10.2. The first-order chi connectivity index (χ1) is 8.59. The predicted octanol–water partition coefficient (Wildman–Crippen LogP) is 5.28. The quantitative estimate of drug-likeness (QED) is 0.675. The fraction of sp³-hybridized carbons (Fsp3) is 0.312. The summed E-state index contributed by atoms with van der Waals surface area (Å²) in [6.07, 6.45) is 3.42. The van der Waals surface area contributed by atoms with E-state index in [-0.39, 0.29) is 24.8 Å². The summed E-state index contributed by atoms with van der Waals surface area (Å²) in [5.41, 5.74) is 2.88. The normalized spacial score (nSPS) is 13.1. The maximum atomic E-state index is 6.32. The van der Waals surface area contributed by atoms with E-state index in [4.69, 9.17) is 3.32 Å².